The number of piperidine rings is 1. The van der Waals surface area contributed by atoms with E-state index < -0.39 is 27.6 Å². The lowest BCUT2D eigenvalue weighted by molar-refractivity contribution is 0.102. The van der Waals surface area contributed by atoms with Crippen LogP contribution in [0.15, 0.2) is 85.1 Å². The fraction of sp³-hybridized carbons (Fsp3) is 0.226. The summed E-state index contributed by atoms with van der Waals surface area (Å²) in [5.41, 5.74) is 3.04. The van der Waals surface area contributed by atoms with E-state index in [-0.39, 0.29) is 5.69 Å². The number of nitrogens with zero attached hydrogens (tertiary/aromatic N) is 2. The molecule has 0 unspecified atom stereocenters. The molecule has 12 heteroatoms. The van der Waals surface area contributed by atoms with Crippen LogP contribution in [0.1, 0.15) is 28.8 Å². The highest BCUT2D eigenvalue weighted by atomic mass is 32.2. The third-order valence-electron chi connectivity index (χ3n) is 6.87. The first-order valence-electron chi connectivity index (χ1n) is 13.7. The lowest BCUT2D eigenvalue weighted by Gasteiger charge is -2.32. The second kappa shape index (κ2) is 13.2. The Bertz CT molecular complexity index is 1660. The van der Waals surface area contributed by atoms with Crippen molar-refractivity contribution >= 4 is 33.0 Å². The Morgan fingerprint density at radius 2 is 1.58 bits per heavy atom. The van der Waals surface area contributed by atoms with Gasteiger partial charge in [0.15, 0.2) is 11.6 Å². The van der Waals surface area contributed by atoms with Crippen molar-refractivity contribution in [3.63, 3.8) is 0 Å². The number of carbonyl (C=O) groups excluding carboxylic acids is 1. The van der Waals surface area contributed by atoms with E-state index in [9.17, 15) is 22.0 Å². The molecule has 43 heavy (non-hydrogen) atoms. The second-order valence-corrected chi connectivity index (χ2v) is 12.1. The maximum Gasteiger partial charge on any atom is 0.255 e. The molecular weight excluding hydrogens is 576 g/mol. The predicted octanol–water partition coefficient (Wildman–Crippen LogP) is 5.85. The monoisotopic (exact) mass is 607 g/mol. The van der Waals surface area contributed by atoms with Gasteiger partial charge in [-0.25, -0.2) is 22.2 Å². The zero-order valence-corrected chi connectivity index (χ0v) is 24.2. The van der Waals surface area contributed by atoms with E-state index >= 15 is 0 Å². The van der Waals surface area contributed by atoms with E-state index in [0.717, 1.165) is 62.1 Å². The number of carbonyl (C=O) groups is 1. The van der Waals surface area contributed by atoms with E-state index in [2.05, 4.69) is 25.2 Å². The molecule has 1 aromatic heterocycles. The summed E-state index contributed by atoms with van der Waals surface area (Å²) in [6.45, 7) is 2.60. The van der Waals surface area contributed by atoms with Gasteiger partial charge in [-0.05, 0) is 79.1 Å². The SMILES string of the molecule is CS(=O)(=O)Nc1ccc(Oc2ccc(CN3CCC(Nc4ccc(C(=O)Nc5ccc(F)c(F)c5)cc4)CC3)cn2)cc1. The summed E-state index contributed by atoms with van der Waals surface area (Å²) < 4.78 is 57.4. The summed E-state index contributed by atoms with van der Waals surface area (Å²) in [6.07, 6.45) is 4.80. The van der Waals surface area contributed by atoms with Crippen LogP contribution in [0.25, 0.3) is 0 Å². The molecule has 0 aliphatic carbocycles. The molecule has 4 aromatic rings. The van der Waals surface area contributed by atoms with Crippen molar-refractivity contribution in [3.05, 3.63) is 108 Å². The molecule has 224 valence electrons. The van der Waals surface area contributed by atoms with Gasteiger partial charge >= 0.3 is 0 Å². The van der Waals surface area contributed by atoms with Crippen LogP contribution in [0.5, 0.6) is 11.6 Å². The van der Waals surface area contributed by atoms with Gasteiger partial charge in [0.1, 0.15) is 5.75 Å². The van der Waals surface area contributed by atoms with Crippen LogP contribution in [0.2, 0.25) is 0 Å². The number of ether oxygens (including phenoxy) is 1. The maximum atomic E-state index is 13.4. The number of amides is 1. The van der Waals surface area contributed by atoms with Crippen molar-refractivity contribution < 1.29 is 26.7 Å². The number of nitrogens with one attached hydrogen (secondary N) is 3. The number of aromatic nitrogens is 1. The van der Waals surface area contributed by atoms with Crippen LogP contribution in [-0.4, -0.2) is 49.6 Å². The molecule has 1 fully saturated rings. The number of likely N-dealkylation sites (tertiary alicyclic amines) is 1. The van der Waals surface area contributed by atoms with Crippen molar-refractivity contribution in [1.82, 2.24) is 9.88 Å². The lowest BCUT2D eigenvalue weighted by Crippen LogP contribution is -2.38. The van der Waals surface area contributed by atoms with Gasteiger partial charge in [0.2, 0.25) is 15.9 Å². The van der Waals surface area contributed by atoms with Crippen LogP contribution in [-0.2, 0) is 16.6 Å². The van der Waals surface area contributed by atoms with Gasteiger partial charge < -0.3 is 15.4 Å². The molecule has 9 nitrogen and oxygen atoms in total. The van der Waals surface area contributed by atoms with Gasteiger partial charge in [0.05, 0.1) is 6.26 Å². The van der Waals surface area contributed by atoms with Crippen molar-refractivity contribution in [2.45, 2.75) is 25.4 Å². The zero-order chi connectivity index (χ0) is 30.4. The van der Waals surface area contributed by atoms with Crippen LogP contribution >= 0.6 is 0 Å². The van der Waals surface area contributed by atoms with Crippen LogP contribution in [0, 0.1) is 11.6 Å². The van der Waals surface area contributed by atoms with E-state index in [4.69, 9.17) is 4.74 Å². The molecule has 3 N–H and O–H groups in total. The number of benzene rings is 3. The Kier molecular flexibility index (Phi) is 9.17. The molecule has 5 rings (SSSR count). The fourth-order valence-electron chi connectivity index (χ4n) is 4.71. The first kappa shape index (κ1) is 29.9. The van der Waals surface area contributed by atoms with Gasteiger partial charge in [-0.1, -0.05) is 6.07 Å². The molecule has 0 spiro atoms. The molecule has 0 bridgehead atoms. The average molecular weight is 608 g/mol. The largest absolute Gasteiger partial charge is 0.439 e. The number of anilines is 3. The Labute approximate surface area is 249 Å². The van der Waals surface area contributed by atoms with E-state index in [1.54, 1.807) is 42.6 Å². The van der Waals surface area contributed by atoms with Gasteiger partial charge in [-0.15, -0.1) is 0 Å². The minimum atomic E-state index is -3.34. The highest BCUT2D eigenvalue weighted by molar-refractivity contribution is 7.92. The number of halogens is 2. The summed E-state index contributed by atoms with van der Waals surface area (Å²) >= 11 is 0. The average Bonchev–Trinajstić information content (AvgIpc) is 2.98. The third-order valence-corrected chi connectivity index (χ3v) is 7.47. The number of sulfonamides is 1. The van der Waals surface area contributed by atoms with Gasteiger partial charge in [-0.2, -0.15) is 0 Å². The number of hydrogen-bond acceptors (Lipinski definition) is 7. The molecule has 1 aliphatic heterocycles. The summed E-state index contributed by atoms with van der Waals surface area (Å²) in [7, 11) is -3.34. The molecule has 1 amide bonds. The minimum Gasteiger partial charge on any atom is -0.439 e. The van der Waals surface area contributed by atoms with E-state index in [1.807, 2.05) is 24.3 Å². The van der Waals surface area contributed by atoms with E-state index in [1.165, 1.54) is 6.07 Å². The molecule has 0 saturated carbocycles. The molecule has 0 atom stereocenters. The Morgan fingerprint density at radius 3 is 2.21 bits per heavy atom. The topological polar surface area (TPSA) is 113 Å². The van der Waals surface area contributed by atoms with Gasteiger partial charge in [0, 0.05) is 66.6 Å². The number of pyridine rings is 1. The standard InChI is InChI=1S/C31H31F2N5O4S/c1-43(40,41)37-25-7-10-27(11-8-25)42-30-13-2-21(19-34-30)20-38-16-14-24(15-17-38)35-23-5-3-22(4-6-23)31(39)36-26-9-12-28(32)29(33)18-26/h2-13,18-19,24,35,37H,14-17,20H2,1H3,(H,36,39). The maximum absolute atomic E-state index is 13.4. The van der Waals surface area contributed by atoms with Gasteiger partial charge in [-0.3, -0.25) is 14.4 Å². The summed E-state index contributed by atoms with van der Waals surface area (Å²) in [5, 5.41) is 6.10. The predicted molar refractivity (Wildman–Crippen MR) is 162 cm³/mol. The van der Waals surface area contributed by atoms with Gasteiger partial charge in [0.25, 0.3) is 5.91 Å². The van der Waals surface area contributed by atoms with Crippen molar-refractivity contribution in [2.24, 2.45) is 0 Å². The highest BCUT2D eigenvalue weighted by Gasteiger charge is 2.19. The zero-order valence-electron chi connectivity index (χ0n) is 23.4. The molecular formula is C31H31F2N5O4S. The molecule has 1 saturated heterocycles. The lowest BCUT2D eigenvalue weighted by atomic mass is 10.0. The smallest absolute Gasteiger partial charge is 0.255 e. The van der Waals surface area contributed by atoms with Crippen LogP contribution < -0.4 is 20.1 Å². The van der Waals surface area contributed by atoms with Crippen molar-refractivity contribution in [2.75, 3.05) is 34.7 Å². The van der Waals surface area contributed by atoms with Crippen LogP contribution in [0.3, 0.4) is 0 Å². The summed E-state index contributed by atoms with van der Waals surface area (Å²) in [4.78, 5) is 19.2. The molecule has 0 radical (unpaired) electrons. The van der Waals surface area contributed by atoms with E-state index in [0.29, 0.717) is 28.9 Å². The highest BCUT2D eigenvalue weighted by Crippen LogP contribution is 2.23. The fourth-order valence-corrected chi connectivity index (χ4v) is 5.28. The summed E-state index contributed by atoms with van der Waals surface area (Å²) in [5.74, 6) is -1.39. The normalized spacial score (nSPS) is 14.2. The Hall–Kier alpha value is -4.55. The number of rotatable bonds is 10. The first-order chi connectivity index (χ1) is 20.6. The Balaban J connectivity index is 1.05. The van der Waals surface area contributed by atoms with Crippen molar-refractivity contribution in [3.8, 4) is 11.6 Å². The first-order valence-corrected chi connectivity index (χ1v) is 15.5. The summed E-state index contributed by atoms with van der Waals surface area (Å²) in [6, 6.07) is 21.0. The molecule has 2 heterocycles. The molecule has 1 aliphatic rings. The number of hydrogen-bond donors (Lipinski definition) is 3. The third kappa shape index (κ3) is 8.72. The Morgan fingerprint density at radius 1 is 0.907 bits per heavy atom. The molecule has 3 aromatic carbocycles. The van der Waals surface area contributed by atoms with Crippen LogP contribution in [0.4, 0.5) is 25.8 Å². The van der Waals surface area contributed by atoms with Crippen molar-refractivity contribution in [1.29, 1.82) is 0 Å². The second-order valence-electron chi connectivity index (χ2n) is 10.4. The minimum absolute atomic E-state index is 0.187. The quantitative estimate of drug-likeness (QED) is 0.207.